The van der Waals surface area contributed by atoms with E-state index in [2.05, 4.69) is 15.2 Å². The van der Waals surface area contributed by atoms with Crippen molar-refractivity contribution in [1.82, 2.24) is 20.3 Å². The quantitative estimate of drug-likeness (QED) is 0.302. The van der Waals surface area contributed by atoms with Crippen molar-refractivity contribution in [2.75, 3.05) is 29.9 Å². The fourth-order valence-electron chi connectivity index (χ4n) is 5.93. The number of hydrogen-bond acceptors (Lipinski definition) is 9. The SMILES string of the molecule is Cc1ccc(Oc2nc3c(c(N4C[C@H](N)C5(CC5)C4)n2)-c2cc(F)cc(N(C)C(=O)[C@H](C)NC(=O)C(C)N)c2C3)cn1. The molecule has 11 nitrogen and oxygen atoms in total. The third-order valence-electron chi connectivity index (χ3n) is 8.58. The molecule has 1 saturated heterocycles. The van der Waals surface area contributed by atoms with Gasteiger partial charge in [0.25, 0.3) is 0 Å². The Bertz CT molecular complexity index is 1570. The number of nitrogens with zero attached hydrogens (tertiary/aromatic N) is 5. The molecule has 1 unspecified atom stereocenters. The number of carbonyl (C=O) groups excluding carboxylic acids is 2. The number of halogens is 1. The van der Waals surface area contributed by atoms with Crippen LogP contribution in [-0.4, -0.2) is 65.0 Å². The Morgan fingerprint density at radius 3 is 2.64 bits per heavy atom. The second-order valence-electron chi connectivity index (χ2n) is 11.8. The minimum Gasteiger partial charge on any atom is -0.423 e. The van der Waals surface area contributed by atoms with E-state index < -0.39 is 29.7 Å². The normalized spacial score (nSPS) is 19.2. The number of pyridine rings is 1. The van der Waals surface area contributed by atoms with Crippen LogP contribution in [0, 0.1) is 18.2 Å². The summed E-state index contributed by atoms with van der Waals surface area (Å²) in [6.45, 7) is 6.36. The summed E-state index contributed by atoms with van der Waals surface area (Å²) < 4.78 is 21.3. The molecule has 42 heavy (non-hydrogen) atoms. The Kier molecular flexibility index (Phi) is 6.85. The smallest absolute Gasteiger partial charge is 0.324 e. The lowest BCUT2D eigenvalue weighted by atomic mass is 10.0. The van der Waals surface area contributed by atoms with Gasteiger partial charge in [-0.3, -0.25) is 14.6 Å². The summed E-state index contributed by atoms with van der Waals surface area (Å²) in [6.07, 6.45) is 4.08. The van der Waals surface area contributed by atoms with Crippen LogP contribution in [0.15, 0.2) is 30.5 Å². The highest BCUT2D eigenvalue weighted by atomic mass is 19.1. The number of nitrogens with one attached hydrogen (secondary N) is 1. The molecular formula is C30H35FN8O3. The van der Waals surface area contributed by atoms with E-state index in [1.165, 1.54) is 24.0 Å². The molecule has 5 N–H and O–H groups in total. The number of fused-ring (bicyclic) bond motifs is 3. The van der Waals surface area contributed by atoms with Crippen molar-refractivity contribution < 1.29 is 18.7 Å². The predicted octanol–water partition coefficient (Wildman–Crippen LogP) is 2.42. The Balaban J connectivity index is 1.40. The van der Waals surface area contributed by atoms with E-state index in [9.17, 15) is 9.59 Å². The number of amides is 2. The van der Waals surface area contributed by atoms with Crippen LogP contribution in [0.3, 0.4) is 0 Å². The molecule has 0 bridgehead atoms. The number of rotatable bonds is 7. The first-order valence-corrected chi connectivity index (χ1v) is 14.1. The van der Waals surface area contributed by atoms with Crippen LogP contribution in [0.1, 0.15) is 43.6 Å². The summed E-state index contributed by atoms with van der Waals surface area (Å²) in [5, 5.41) is 2.62. The van der Waals surface area contributed by atoms with Crippen LogP contribution in [0.25, 0.3) is 11.1 Å². The molecule has 1 aromatic carbocycles. The number of hydrogen-bond donors (Lipinski definition) is 3. The third kappa shape index (κ3) is 4.94. The van der Waals surface area contributed by atoms with Gasteiger partial charge in [0.15, 0.2) is 0 Å². The molecule has 2 aromatic heterocycles. The number of anilines is 2. The number of nitrogens with two attached hydrogens (primary N) is 2. The summed E-state index contributed by atoms with van der Waals surface area (Å²) in [7, 11) is 1.57. The molecule has 2 amide bonds. The zero-order chi connectivity index (χ0) is 29.9. The molecule has 2 aliphatic carbocycles. The topological polar surface area (TPSA) is 153 Å². The number of benzene rings is 1. The lowest BCUT2D eigenvalue weighted by Crippen LogP contribution is -2.50. The molecule has 0 radical (unpaired) electrons. The van der Waals surface area contributed by atoms with Crippen molar-refractivity contribution in [3.05, 3.63) is 53.2 Å². The maximum absolute atomic E-state index is 15.2. The van der Waals surface area contributed by atoms with Gasteiger partial charge in [-0.1, -0.05) is 0 Å². The van der Waals surface area contributed by atoms with Gasteiger partial charge >= 0.3 is 6.01 Å². The molecule has 3 heterocycles. The third-order valence-corrected chi connectivity index (χ3v) is 8.58. The summed E-state index contributed by atoms with van der Waals surface area (Å²) >= 11 is 0. The molecule has 220 valence electrons. The maximum Gasteiger partial charge on any atom is 0.324 e. The standard InChI is InChI=1S/C30H35FN8O3/c1-15-5-6-19(12-34-15)42-29-36-22-11-20-21(25(22)26(37-29)39-13-24(33)30(14-39)7-8-30)9-18(31)10-23(20)38(4)28(41)17(3)35-27(40)16(2)32/h5-6,9-10,12,16-17,24H,7-8,11,13-14,32-33H2,1-4H3,(H,35,40)/t16?,17-,24-/m0/s1. The lowest BCUT2D eigenvalue weighted by molar-refractivity contribution is -0.127. The highest BCUT2D eigenvalue weighted by molar-refractivity contribution is 6.01. The maximum atomic E-state index is 15.2. The van der Waals surface area contributed by atoms with E-state index in [4.69, 9.17) is 26.2 Å². The molecule has 3 atom stereocenters. The van der Waals surface area contributed by atoms with Gasteiger partial charge in [-0.05, 0) is 69.0 Å². The van der Waals surface area contributed by atoms with Crippen LogP contribution in [0.4, 0.5) is 15.9 Å². The van der Waals surface area contributed by atoms with Gasteiger partial charge in [-0.25, -0.2) is 4.39 Å². The highest BCUT2D eigenvalue weighted by Gasteiger charge is 2.54. The first kappa shape index (κ1) is 28.0. The van der Waals surface area contributed by atoms with Crippen molar-refractivity contribution in [1.29, 1.82) is 0 Å². The van der Waals surface area contributed by atoms with Gasteiger partial charge in [-0.2, -0.15) is 9.97 Å². The van der Waals surface area contributed by atoms with Gasteiger partial charge < -0.3 is 31.3 Å². The first-order valence-electron chi connectivity index (χ1n) is 14.1. The average Bonchev–Trinajstić information content (AvgIpc) is 3.54. The number of aryl methyl sites for hydroxylation is 1. The number of ether oxygens (including phenoxy) is 1. The van der Waals surface area contributed by atoms with E-state index in [1.54, 1.807) is 26.2 Å². The van der Waals surface area contributed by atoms with Crippen molar-refractivity contribution in [3.63, 3.8) is 0 Å². The van der Waals surface area contributed by atoms with Crippen LogP contribution in [0.5, 0.6) is 11.8 Å². The monoisotopic (exact) mass is 574 g/mol. The molecular weight excluding hydrogens is 539 g/mol. The Morgan fingerprint density at radius 1 is 1.24 bits per heavy atom. The molecule has 3 aromatic rings. The van der Waals surface area contributed by atoms with Gasteiger partial charge in [-0.15, -0.1) is 0 Å². The first-order chi connectivity index (χ1) is 20.0. The highest BCUT2D eigenvalue weighted by Crippen LogP contribution is 2.54. The van der Waals surface area contributed by atoms with E-state index in [1.807, 2.05) is 13.0 Å². The molecule has 12 heteroatoms. The Hall–Kier alpha value is -4.16. The summed E-state index contributed by atoms with van der Waals surface area (Å²) in [5.74, 6) is -0.224. The van der Waals surface area contributed by atoms with Crippen molar-refractivity contribution >= 4 is 23.3 Å². The number of aromatic nitrogens is 3. The largest absolute Gasteiger partial charge is 0.423 e. The van der Waals surface area contributed by atoms with E-state index >= 15 is 4.39 Å². The van der Waals surface area contributed by atoms with E-state index in [-0.39, 0.29) is 17.5 Å². The molecule has 2 fully saturated rings. The van der Waals surface area contributed by atoms with Crippen molar-refractivity contribution in [3.8, 4) is 22.9 Å². The van der Waals surface area contributed by atoms with E-state index in [0.29, 0.717) is 47.0 Å². The predicted molar refractivity (Wildman–Crippen MR) is 156 cm³/mol. The second-order valence-corrected chi connectivity index (χ2v) is 11.8. The zero-order valence-electron chi connectivity index (χ0n) is 24.1. The molecule has 1 spiro atoms. The average molecular weight is 575 g/mol. The minimum atomic E-state index is -0.865. The van der Waals surface area contributed by atoms with Gasteiger partial charge in [0, 0.05) is 49.3 Å². The molecule has 1 aliphatic heterocycles. The summed E-state index contributed by atoms with van der Waals surface area (Å²) in [4.78, 5) is 42.8. The van der Waals surface area contributed by atoms with E-state index in [0.717, 1.165) is 30.6 Å². The Morgan fingerprint density at radius 2 is 2.00 bits per heavy atom. The number of carbonyl (C=O) groups is 2. The van der Waals surface area contributed by atoms with Crippen molar-refractivity contribution in [2.24, 2.45) is 16.9 Å². The van der Waals surface area contributed by atoms with Crippen LogP contribution >= 0.6 is 0 Å². The lowest BCUT2D eigenvalue weighted by Gasteiger charge is -2.25. The Labute approximate surface area is 243 Å². The summed E-state index contributed by atoms with van der Waals surface area (Å²) in [5.41, 5.74) is 16.3. The zero-order valence-corrected chi connectivity index (χ0v) is 24.1. The van der Waals surface area contributed by atoms with Crippen LogP contribution in [-0.2, 0) is 16.0 Å². The van der Waals surface area contributed by atoms with Gasteiger partial charge in [0.1, 0.15) is 23.4 Å². The number of likely N-dealkylation sites (N-methyl/N-ethyl adjacent to an activating group) is 1. The fraction of sp³-hybridized carbons (Fsp3) is 0.433. The van der Waals surface area contributed by atoms with Crippen LogP contribution in [0.2, 0.25) is 0 Å². The molecule has 1 saturated carbocycles. The molecule has 3 aliphatic rings. The van der Waals surface area contributed by atoms with Gasteiger partial charge in [0.05, 0.1) is 23.6 Å². The molecule has 6 rings (SSSR count). The fourth-order valence-corrected chi connectivity index (χ4v) is 5.93. The minimum absolute atomic E-state index is 0.00872. The summed E-state index contributed by atoms with van der Waals surface area (Å²) in [6, 6.07) is 4.97. The van der Waals surface area contributed by atoms with Crippen LogP contribution < -0.4 is 31.3 Å². The van der Waals surface area contributed by atoms with Crippen molar-refractivity contribution in [2.45, 2.75) is 58.2 Å². The second kappa shape index (κ2) is 10.3. The van der Waals surface area contributed by atoms with Gasteiger partial charge in [0.2, 0.25) is 11.8 Å².